The van der Waals surface area contributed by atoms with Gasteiger partial charge in [-0.05, 0) is 36.1 Å². The standard InChI is InChI=1S/C25H26FN3O4/c1-32-20-11-13-29(14-12-20)25(31)21-16-33-24(28-21)19-9-7-17(8-10-19)15-27-23(30)22(26)18-5-3-2-4-6-18/h2-10,16,20,22H,11-15H2,1H3,(H,27,30). The Morgan fingerprint density at radius 3 is 2.52 bits per heavy atom. The van der Waals surface area contributed by atoms with Crippen LogP contribution in [0.1, 0.15) is 40.6 Å². The summed E-state index contributed by atoms with van der Waals surface area (Å²) in [6.07, 6.45) is 1.46. The number of hydrogen-bond donors (Lipinski definition) is 1. The molecule has 0 spiro atoms. The largest absolute Gasteiger partial charge is 0.444 e. The van der Waals surface area contributed by atoms with Gasteiger partial charge >= 0.3 is 0 Å². The number of nitrogens with one attached hydrogen (secondary N) is 1. The van der Waals surface area contributed by atoms with Crippen molar-refractivity contribution in [3.8, 4) is 11.5 Å². The van der Waals surface area contributed by atoms with Crippen LogP contribution < -0.4 is 5.32 Å². The van der Waals surface area contributed by atoms with Gasteiger partial charge in [0.1, 0.15) is 6.26 Å². The predicted octanol–water partition coefficient (Wildman–Crippen LogP) is 3.92. The van der Waals surface area contributed by atoms with Crippen molar-refractivity contribution >= 4 is 11.8 Å². The lowest BCUT2D eigenvalue weighted by Gasteiger charge is -2.30. The molecule has 1 aromatic heterocycles. The summed E-state index contributed by atoms with van der Waals surface area (Å²) in [5, 5.41) is 2.61. The number of carbonyl (C=O) groups excluding carboxylic acids is 2. The van der Waals surface area contributed by atoms with Crippen LogP contribution in [0.3, 0.4) is 0 Å². The van der Waals surface area contributed by atoms with E-state index in [2.05, 4.69) is 10.3 Å². The van der Waals surface area contributed by atoms with E-state index in [1.165, 1.54) is 6.26 Å². The second-order valence-corrected chi connectivity index (χ2v) is 7.95. The number of oxazole rings is 1. The van der Waals surface area contributed by atoms with Crippen molar-refractivity contribution in [2.24, 2.45) is 0 Å². The lowest BCUT2D eigenvalue weighted by atomic mass is 10.1. The molecule has 172 valence electrons. The van der Waals surface area contributed by atoms with Gasteiger partial charge < -0.3 is 19.4 Å². The zero-order valence-corrected chi connectivity index (χ0v) is 18.4. The molecule has 0 bridgehead atoms. The molecule has 2 aromatic carbocycles. The van der Waals surface area contributed by atoms with Crippen molar-refractivity contribution in [3.05, 3.63) is 77.7 Å². The maximum Gasteiger partial charge on any atom is 0.275 e. The number of rotatable bonds is 7. The number of alkyl halides is 1. The number of halogens is 1. The van der Waals surface area contributed by atoms with Crippen LogP contribution in [0.5, 0.6) is 0 Å². The highest BCUT2D eigenvalue weighted by molar-refractivity contribution is 5.92. The number of benzene rings is 2. The summed E-state index contributed by atoms with van der Waals surface area (Å²) in [4.78, 5) is 30.9. The third-order valence-electron chi connectivity index (χ3n) is 5.78. The summed E-state index contributed by atoms with van der Waals surface area (Å²) in [5.41, 5.74) is 2.10. The molecular formula is C25H26FN3O4. The molecule has 4 rings (SSSR count). The SMILES string of the molecule is COC1CCN(C(=O)c2coc(-c3ccc(CNC(=O)C(F)c4ccccc4)cc3)n2)CC1. The quantitative estimate of drug-likeness (QED) is 0.589. The van der Waals surface area contributed by atoms with Gasteiger partial charge in [-0.3, -0.25) is 9.59 Å². The molecule has 1 saturated heterocycles. The third kappa shape index (κ3) is 5.46. The summed E-state index contributed by atoms with van der Waals surface area (Å²) < 4.78 is 25.2. The van der Waals surface area contributed by atoms with Gasteiger partial charge in [0, 0.05) is 32.3 Å². The van der Waals surface area contributed by atoms with Crippen LogP contribution in [0.15, 0.2) is 65.3 Å². The first-order chi connectivity index (χ1) is 16.0. The Balaban J connectivity index is 1.33. The molecule has 1 N–H and O–H groups in total. The van der Waals surface area contributed by atoms with Crippen LogP contribution in [0.4, 0.5) is 4.39 Å². The highest BCUT2D eigenvalue weighted by atomic mass is 19.1. The molecule has 0 aliphatic carbocycles. The molecular weight excluding hydrogens is 425 g/mol. The molecule has 2 heterocycles. The summed E-state index contributed by atoms with van der Waals surface area (Å²) in [7, 11) is 1.69. The van der Waals surface area contributed by atoms with Gasteiger partial charge in [0.2, 0.25) is 12.1 Å². The fourth-order valence-corrected chi connectivity index (χ4v) is 3.78. The first-order valence-corrected chi connectivity index (χ1v) is 10.9. The van der Waals surface area contributed by atoms with Crippen LogP contribution in [0.2, 0.25) is 0 Å². The monoisotopic (exact) mass is 451 g/mol. The van der Waals surface area contributed by atoms with Crippen molar-refractivity contribution in [1.82, 2.24) is 15.2 Å². The maximum absolute atomic E-state index is 14.3. The van der Waals surface area contributed by atoms with Crippen molar-refractivity contribution in [2.45, 2.75) is 31.7 Å². The van der Waals surface area contributed by atoms with Crippen molar-refractivity contribution in [3.63, 3.8) is 0 Å². The number of amides is 2. The van der Waals surface area contributed by atoms with Gasteiger partial charge in [-0.1, -0.05) is 42.5 Å². The molecule has 1 aliphatic rings. The lowest BCUT2D eigenvalue weighted by molar-refractivity contribution is -0.126. The number of nitrogens with zero attached hydrogens (tertiary/aromatic N) is 2. The average molecular weight is 451 g/mol. The molecule has 1 fully saturated rings. The number of ether oxygens (including phenoxy) is 1. The number of carbonyl (C=O) groups is 2. The fraction of sp³-hybridized carbons (Fsp3) is 0.320. The van der Waals surface area contributed by atoms with Crippen LogP contribution in [0, 0.1) is 0 Å². The van der Waals surface area contributed by atoms with Gasteiger partial charge in [0.15, 0.2) is 5.69 Å². The molecule has 33 heavy (non-hydrogen) atoms. The normalized spacial score (nSPS) is 15.3. The highest BCUT2D eigenvalue weighted by Gasteiger charge is 2.25. The Morgan fingerprint density at radius 2 is 1.85 bits per heavy atom. The topological polar surface area (TPSA) is 84.7 Å². The van der Waals surface area contributed by atoms with Crippen molar-refractivity contribution in [2.75, 3.05) is 20.2 Å². The molecule has 1 aliphatic heterocycles. The molecule has 0 saturated carbocycles. The van der Waals surface area contributed by atoms with E-state index in [1.54, 1.807) is 66.6 Å². The average Bonchev–Trinajstić information content (AvgIpc) is 3.37. The number of methoxy groups -OCH3 is 1. The van der Waals surface area contributed by atoms with Gasteiger partial charge in [0.05, 0.1) is 6.10 Å². The minimum absolute atomic E-state index is 0.155. The molecule has 1 atom stereocenters. The number of piperidine rings is 1. The second-order valence-electron chi connectivity index (χ2n) is 7.95. The number of hydrogen-bond acceptors (Lipinski definition) is 5. The molecule has 1 unspecified atom stereocenters. The number of aromatic nitrogens is 1. The zero-order chi connectivity index (χ0) is 23.2. The molecule has 0 radical (unpaired) electrons. The van der Waals surface area contributed by atoms with Gasteiger partial charge in [-0.15, -0.1) is 0 Å². The van der Waals surface area contributed by atoms with Gasteiger partial charge in [-0.2, -0.15) is 0 Å². The molecule has 3 aromatic rings. The Bertz CT molecular complexity index is 1080. The van der Waals surface area contributed by atoms with E-state index in [9.17, 15) is 14.0 Å². The highest BCUT2D eigenvalue weighted by Crippen LogP contribution is 2.22. The van der Waals surface area contributed by atoms with Crippen LogP contribution in [0.25, 0.3) is 11.5 Å². The van der Waals surface area contributed by atoms with E-state index >= 15 is 0 Å². The van der Waals surface area contributed by atoms with Crippen molar-refractivity contribution < 1.29 is 23.1 Å². The Hall–Kier alpha value is -3.52. The molecule has 7 nitrogen and oxygen atoms in total. The smallest absolute Gasteiger partial charge is 0.275 e. The lowest BCUT2D eigenvalue weighted by Crippen LogP contribution is -2.40. The van der Waals surface area contributed by atoms with E-state index in [-0.39, 0.29) is 24.2 Å². The van der Waals surface area contributed by atoms with E-state index in [0.717, 1.165) is 18.4 Å². The molecule has 8 heteroatoms. The van der Waals surface area contributed by atoms with Gasteiger partial charge in [0.25, 0.3) is 11.8 Å². The molecule has 2 amide bonds. The Labute approximate surface area is 191 Å². The van der Waals surface area contributed by atoms with Crippen molar-refractivity contribution in [1.29, 1.82) is 0 Å². The minimum atomic E-state index is -1.71. The third-order valence-corrected chi connectivity index (χ3v) is 5.78. The predicted molar refractivity (Wildman–Crippen MR) is 120 cm³/mol. The summed E-state index contributed by atoms with van der Waals surface area (Å²) in [6.45, 7) is 1.45. The second kappa shape index (κ2) is 10.4. The van der Waals surface area contributed by atoms with E-state index in [4.69, 9.17) is 9.15 Å². The van der Waals surface area contributed by atoms with Crippen LogP contribution in [-0.4, -0.2) is 48.0 Å². The van der Waals surface area contributed by atoms with Gasteiger partial charge in [-0.25, -0.2) is 9.37 Å². The fourth-order valence-electron chi connectivity index (χ4n) is 3.78. The minimum Gasteiger partial charge on any atom is -0.444 e. The Morgan fingerprint density at radius 1 is 1.15 bits per heavy atom. The van der Waals surface area contributed by atoms with Crippen LogP contribution in [-0.2, 0) is 16.1 Å². The van der Waals surface area contributed by atoms with Crippen LogP contribution >= 0.6 is 0 Å². The number of likely N-dealkylation sites (tertiary alicyclic amines) is 1. The summed E-state index contributed by atoms with van der Waals surface area (Å²) in [6, 6.07) is 15.5. The Kier molecular flexibility index (Phi) is 7.14. The summed E-state index contributed by atoms with van der Waals surface area (Å²) in [5.74, 6) is -0.498. The van der Waals surface area contributed by atoms with E-state index < -0.39 is 12.1 Å². The maximum atomic E-state index is 14.3. The zero-order valence-electron chi connectivity index (χ0n) is 18.4. The van der Waals surface area contributed by atoms with E-state index in [1.807, 2.05) is 0 Å². The first kappa shape index (κ1) is 22.7. The van der Waals surface area contributed by atoms with E-state index in [0.29, 0.717) is 30.1 Å². The summed E-state index contributed by atoms with van der Waals surface area (Å²) >= 11 is 0. The first-order valence-electron chi connectivity index (χ1n) is 10.9.